The largest absolute Gasteiger partial charge is 0.322 e. The van der Waals surface area contributed by atoms with Gasteiger partial charge in [-0.05, 0) is 29.5 Å². The predicted molar refractivity (Wildman–Crippen MR) is 78.7 cm³/mol. The van der Waals surface area contributed by atoms with Gasteiger partial charge in [-0.15, -0.1) is 0 Å². The predicted octanol–water partition coefficient (Wildman–Crippen LogP) is 1.82. The van der Waals surface area contributed by atoms with Crippen molar-refractivity contribution in [3.05, 3.63) is 34.9 Å². The summed E-state index contributed by atoms with van der Waals surface area (Å²) < 4.78 is 0. The van der Waals surface area contributed by atoms with Crippen LogP contribution < -0.4 is 5.32 Å². The molecule has 21 heavy (non-hydrogen) atoms. The van der Waals surface area contributed by atoms with Crippen LogP contribution in [0.2, 0.25) is 0 Å². The molecule has 1 saturated heterocycles. The molecule has 0 aliphatic carbocycles. The summed E-state index contributed by atoms with van der Waals surface area (Å²) in [5.74, 6) is -0.404. The standard InChI is InChI=1S/C16H18N2O3.H2/c1-9(2)10-4-3-5-11-12(10)8-18(16(11)21)13-6-7-14(19)17-15(13)20;/h3-5,9,13H,6-8H2,1-2H3,(H,17,19,20);1H. The minimum Gasteiger partial charge on any atom is -0.322 e. The summed E-state index contributed by atoms with van der Waals surface area (Å²) >= 11 is 0. The maximum absolute atomic E-state index is 12.6. The van der Waals surface area contributed by atoms with E-state index in [1.54, 1.807) is 4.90 Å². The molecule has 0 saturated carbocycles. The highest BCUT2D eigenvalue weighted by Crippen LogP contribution is 2.32. The van der Waals surface area contributed by atoms with Crippen LogP contribution in [0.1, 0.15) is 55.5 Å². The molecule has 1 fully saturated rings. The lowest BCUT2D eigenvalue weighted by molar-refractivity contribution is -0.136. The molecule has 2 aliphatic heterocycles. The van der Waals surface area contributed by atoms with Crippen LogP contribution in [0.3, 0.4) is 0 Å². The Morgan fingerprint density at radius 1 is 1.29 bits per heavy atom. The number of benzene rings is 1. The highest BCUT2D eigenvalue weighted by atomic mass is 16.2. The van der Waals surface area contributed by atoms with Crippen molar-refractivity contribution in [1.82, 2.24) is 10.2 Å². The Morgan fingerprint density at radius 2 is 2.05 bits per heavy atom. The number of carbonyl (C=O) groups is 3. The summed E-state index contributed by atoms with van der Waals surface area (Å²) in [6.45, 7) is 4.64. The molecule has 0 radical (unpaired) electrons. The summed E-state index contributed by atoms with van der Waals surface area (Å²) in [4.78, 5) is 37.4. The highest BCUT2D eigenvalue weighted by molar-refractivity contribution is 6.05. The minimum absolute atomic E-state index is 0. The van der Waals surface area contributed by atoms with Crippen LogP contribution in [0.4, 0.5) is 0 Å². The van der Waals surface area contributed by atoms with Gasteiger partial charge in [0.05, 0.1) is 0 Å². The zero-order chi connectivity index (χ0) is 15.1. The van der Waals surface area contributed by atoms with Crippen molar-refractivity contribution in [2.24, 2.45) is 0 Å². The Morgan fingerprint density at radius 3 is 2.71 bits per heavy atom. The van der Waals surface area contributed by atoms with Gasteiger partial charge in [0.1, 0.15) is 6.04 Å². The molecule has 1 aromatic rings. The average Bonchev–Trinajstić information content (AvgIpc) is 2.76. The molecular weight excluding hydrogens is 268 g/mol. The fourth-order valence-corrected chi connectivity index (χ4v) is 3.15. The molecule has 0 spiro atoms. The number of nitrogens with zero attached hydrogens (tertiary/aromatic N) is 1. The highest BCUT2D eigenvalue weighted by Gasteiger charge is 2.39. The van der Waals surface area contributed by atoms with Crippen LogP contribution in [0.25, 0.3) is 0 Å². The summed E-state index contributed by atoms with van der Waals surface area (Å²) in [5.41, 5.74) is 2.85. The molecule has 2 aliphatic rings. The van der Waals surface area contributed by atoms with Crippen molar-refractivity contribution in [3.63, 3.8) is 0 Å². The van der Waals surface area contributed by atoms with Gasteiger partial charge in [-0.2, -0.15) is 0 Å². The Labute approximate surface area is 124 Å². The van der Waals surface area contributed by atoms with Gasteiger partial charge in [0, 0.05) is 20.0 Å². The normalized spacial score (nSPS) is 21.8. The smallest absolute Gasteiger partial charge is 0.255 e. The minimum atomic E-state index is -0.539. The van der Waals surface area contributed by atoms with E-state index >= 15 is 0 Å². The summed E-state index contributed by atoms with van der Waals surface area (Å²) in [6.07, 6.45) is 0.689. The quantitative estimate of drug-likeness (QED) is 0.844. The van der Waals surface area contributed by atoms with Gasteiger partial charge in [0.2, 0.25) is 11.8 Å². The SMILES string of the molecule is CC(C)c1cccc2c1CN(C1CCC(=O)NC1=O)C2=O.[HH]. The van der Waals surface area contributed by atoms with E-state index in [2.05, 4.69) is 19.2 Å². The molecular formula is C16H20N2O3. The van der Waals surface area contributed by atoms with Crippen molar-refractivity contribution in [3.8, 4) is 0 Å². The van der Waals surface area contributed by atoms with Gasteiger partial charge in [0.15, 0.2) is 0 Å². The zero-order valence-electron chi connectivity index (χ0n) is 12.2. The second-order valence-electron chi connectivity index (χ2n) is 5.93. The molecule has 112 valence electrons. The number of rotatable bonds is 2. The van der Waals surface area contributed by atoms with E-state index in [-0.39, 0.29) is 25.6 Å². The van der Waals surface area contributed by atoms with Gasteiger partial charge in [-0.25, -0.2) is 0 Å². The van der Waals surface area contributed by atoms with Gasteiger partial charge in [0.25, 0.3) is 5.91 Å². The van der Waals surface area contributed by atoms with E-state index < -0.39 is 6.04 Å². The van der Waals surface area contributed by atoms with Crippen LogP contribution >= 0.6 is 0 Å². The van der Waals surface area contributed by atoms with Crippen molar-refractivity contribution in [2.45, 2.75) is 45.2 Å². The van der Waals surface area contributed by atoms with Crippen molar-refractivity contribution >= 4 is 17.7 Å². The summed E-state index contributed by atoms with van der Waals surface area (Å²) in [7, 11) is 0. The number of amides is 3. The first-order valence-corrected chi connectivity index (χ1v) is 7.25. The molecule has 1 unspecified atom stereocenters. The third kappa shape index (κ3) is 2.22. The maximum Gasteiger partial charge on any atom is 0.255 e. The molecule has 0 bridgehead atoms. The number of carbonyl (C=O) groups excluding carboxylic acids is 3. The molecule has 5 heteroatoms. The molecule has 2 heterocycles. The topological polar surface area (TPSA) is 66.5 Å². The molecule has 3 rings (SSSR count). The van der Waals surface area contributed by atoms with Gasteiger partial charge in [-0.1, -0.05) is 26.0 Å². The third-order valence-corrected chi connectivity index (χ3v) is 4.24. The number of imide groups is 1. The second-order valence-corrected chi connectivity index (χ2v) is 5.93. The van der Waals surface area contributed by atoms with E-state index in [1.807, 2.05) is 18.2 Å². The van der Waals surface area contributed by atoms with Crippen LogP contribution in [-0.4, -0.2) is 28.7 Å². The third-order valence-electron chi connectivity index (χ3n) is 4.24. The van der Waals surface area contributed by atoms with Crippen LogP contribution in [0, 0.1) is 0 Å². The van der Waals surface area contributed by atoms with Crippen LogP contribution in [0.15, 0.2) is 18.2 Å². The number of hydrogen-bond donors (Lipinski definition) is 1. The lowest BCUT2D eigenvalue weighted by Crippen LogP contribution is -2.52. The van der Waals surface area contributed by atoms with Gasteiger partial charge in [-0.3, -0.25) is 19.7 Å². The first-order chi connectivity index (χ1) is 9.99. The monoisotopic (exact) mass is 288 g/mol. The summed E-state index contributed by atoms with van der Waals surface area (Å²) in [5, 5.41) is 2.32. The molecule has 5 nitrogen and oxygen atoms in total. The van der Waals surface area contributed by atoms with Crippen molar-refractivity contribution in [2.75, 3.05) is 0 Å². The molecule has 1 aromatic carbocycles. The molecule has 0 aromatic heterocycles. The molecule has 1 atom stereocenters. The number of nitrogens with one attached hydrogen (secondary N) is 1. The molecule has 3 amide bonds. The average molecular weight is 288 g/mol. The lowest BCUT2D eigenvalue weighted by Gasteiger charge is -2.29. The van der Waals surface area contributed by atoms with E-state index in [4.69, 9.17) is 0 Å². The Balaban J connectivity index is 0.00000176. The first kappa shape index (κ1) is 13.8. The fourth-order valence-electron chi connectivity index (χ4n) is 3.15. The van der Waals surface area contributed by atoms with Gasteiger partial charge < -0.3 is 4.90 Å². The maximum atomic E-state index is 12.6. The molecule has 1 N–H and O–H groups in total. The zero-order valence-corrected chi connectivity index (χ0v) is 12.2. The number of piperidine rings is 1. The number of hydrogen-bond acceptors (Lipinski definition) is 3. The first-order valence-electron chi connectivity index (χ1n) is 7.25. The van der Waals surface area contributed by atoms with Crippen molar-refractivity contribution in [1.29, 1.82) is 0 Å². The lowest BCUT2D eigenvalue weighted by atomic mass is 9.95. The second kappa shape index (κ2) is 4.98. The Hall–Kier alpha value is -2.17. The van der Waals surface area contributed by atoms with Crippen LogP contribution in [-0.2, 0) is 16.1 Å². The number of fused-ring (bicyclic) bond motifs is 1. The summed E-state index contributed by atoms with van der Waals surface area (Å²) in [6, 6.07) is 5.20. The van der Waals surface area contributed by atoms with Gasteiger partial charge >= 0.3 is 0 Å². The van der Waals surface area contributed by atoms with E-state index in [0.717, 1.165) is 11.1 Å². The van der Waals surface area contributed by atoms with E-state index in [9.17, 15) is 14.4 Å². The van der Waals surface area contributed by atoms with E-state index in [1.165, 1.54) is 0 Å². The van der Waals surface area contributed by atoms with E-state index in [0.29, 0.717) is 24.4 Å². The van der Waals surface area contributed by atoms with Crippen molar-refractivity contribution < 1.29 is 15.8 Å². The fraction of sp³-hybridized carbons (Fsp3) is 0.438. The Bertz CT molecular complexity index is 642. The Kier molecular flexibility index (Phi) is 3.27. The van der Waals surface area contributed by atoms with Crippen LogP contribution in [0.5, 0.6) is 0 Å².